The van der Waals surface area contributed by atoms with Crippen LogP contribution in [0, 0.1) is 0 Å². The Morgan fingerprint density at radius 1 is 1.62 bits per heavy atom. The van der Waals surface area contributed by atoms with Crippen LogP contribution in [0.2, 0.25) is 0 Å². The van der Waals surface area contributed by atoms with Crippen molar-refractivity contribution in [2.45, 2.75) is 6.92 Å². The maximum atomic E-state index is 10.7. The quantitative estimate of drug-likeness (QED) is 0.722. The number of anilines is 1. The van der Waals surface area contributed by atoms with E-state index in [1.165, 1.54) is 6.92 Å². The van der Waals surface area contributed by atoms with Crippen molar-refractivity contribution in [3.05, 3.63) is 10.3 Å². The number of amides is 1. The van der Waals surface area contributed by atoms with Gasteiger partial charge in [0.15, 0.2) is 5.69 Å². The standard InChI is InChI=1S/C6H6BrN3O3/c1-2(11)8-3-4(6(12)13)9-10-5(3)7/h1H3,(H,8,11)(H,9,10)(H,12,13). The third-order valence-electron chi connectivity index (χ3n) is 1.23. The largest absolute Gasteiger partial charge is 0.476 e. The predicted octanol–water partition coefficient (Wildman–Crippen LogP) is 0.829. The van der Waals surface area contributed by atoms with E-state index >= 15 is 0 Å². The summed E-state index contributed by atoms with van der Waals surface area (Å²) in [6.45, 7) is 1.28. The fourth-order valence-electron chi connectivity index (χ4n) is 0.766. The normalized spacial score (nSPS) is 9.69. The molecule has 1 aromatic heterocycles. The number of carboxylic acid groups (broad SMARTS) is 1. The number of aromatic nitrogens is 2. The van der Waals surface area contributed by atoms with E-state index in [9.17, 15) is 9.59 Å². The molecule has 0 aromatic carbocycles. The zero-order chi connectivity index (χ0) is 10.0. The van der Waals surface area contributed by atoms with E-state index in [-0.39, 0.29) is 17.3 Å². The van der Waals surface area contributed by atoms with Crippen molar-refractivity contribution in [2.24, 2.45) is 0 Å². The third-order valence-corrected chi connectivity index (χ3v) is 1.80. The van der Waals surface area contributed by atoms with Crippen LogP contribution in [0.4, 0.5) is 5.69 Å². The molecule has 1 aromatic rings. The molecule has 0 unspecified atom stereocenters. The molecule has 0 aliphatic heterocycles. The maximum absolute atomic E-state index is 10.7. The van der Waals surface area contributed by atoms with E-state index in [0.29, 0.717) is 4.60 Å². The van der Waals surface area contributed by atoms with Gasteiger partial charge >= 0.3 is 5.97 Å². The highest BCUT2D eigenvalue weighted by molar-refractivity contribution is 9.10. The van der Waals surface area contributed by atoms with Crippen LogP contribution in [0.1, 0.15) is 17.4 Å². The second-order valence-electron chi connectivity index (χ2n) is 2.25. The minimum Gasteiger partial charge on any atom is -0.476 e. The maximum Gasteiger partial charge on any atom is 0.358 e. The lowest BCUT2D eigenvalue weighted by Crippen LogP contribution is -2.10. The number of rotatable bonds is 2. The van der Waals surface area contributed by atoms with Crippen molar-refractivity contribution in [3.63, 3.8) is 0 Å². The summed E-state index contributed by atoms with van der Waals surface area (Å²) in [4.78, 5) is 21.2. The Balaban J connectivity index is 3.08. The van der Waals surface area contributed by atoms with Gasteiger partial charge in [-0.1, -0.05) is 0 Å². The number of carboxylic acids is 1. The van der Waals surface area contributed by atoms with Crippen molar-refractivity contribution in [1.82, 2.24) is 10.2 Å². The van der Waals surface area contributed by atoms with Gasteiger partial charge in [0.1, 0.15) is 10.3 Å². The zero-order valence-electron chi connectivity index (χ0n) is 6.59. The number of H-pyrrole nitrogens is 1. The van der Waals surface area contributed by atoms with Crippen molar-refractivity contribution in [1.29, 1.82) is 0 Å². The van der Waals surface area contributed by atoms with Crippen LogP contribution in [-0.4, -0.2) is 27.2 Å². The van der Waals surface area contributed by atoms with E-state index in [1.54, 1.807) is 0 Å². The molecule has 0 fully saturated rings. The van der Waals surface area contributed by atoms with E-state index in [0.717, 1.165) is 0 Å². The van der Waals surface area contributed by atoms with Gasteiger partial charge in [0.25, 0.3) is 0 Å². The summed E-state index contributed by atoms with van der Waals surface area (Å²) < 4.78 is 0.333. The molecule has 0 aliphatic rings. The van der Waals surface area contributed by atoms with Gasteiger partial charge in [0.2, 0.25) is 5.91 Å². The van der Waals surface area contributed by atoms with Gasteiger partial charge in [-0.25, -0.2) is 4.79 Å². The van der Waals surface area contributed by atoms with Crippen LogP contribution in [0.25, 0.3) is 0 Å². The van der Waals surface area contributed by atoms with Crippen molar-refractivity contribution in [2.75, 3.05) is 5.32 Å². The van der Waals surface area contributed by atoms with E-state index in [4.69, 9.17) is 5.11 Å². The number of aromatic carboxylic acids is 1. The second-order valence-corrected chi connectivity index (χ2v) is 3.04. The van der Waals surface area contributed by atoms with Crippen LogP contribution < -0.4 is 5.32 Å². The molecule has 0 spiro atoms. The van der Waals surface area contributed by atoms with Gasteiger partial charge in [0, 0.05) is 6.92 Å². The molecule has 0 saturated heterocycles. The van der Waals surface area contributed by atoms with E-state index in [1.807, 2.05) is 0 Å². The van der Waals surface area contributed by atoms with Crippen LogP contribution >= 0.6 is 15.9 Å². The molecule has 0 aliphatic carbocycles. The molecule has 1 amide bonds. The summed E-state index contributed by atoms with van der Waals surface area (Å²) in [7, 11) is 0. The van der Waals surface area contributed by atoms with Gasteiger partial charge in [-0.3, -0.25) is 9.89 Å². The number of carbonyl (C=O) groups is 2. The summed E-state index contributed by atoms with van der Waals surface area (Å²) in [6.07, 6.45) is 0. The van der Waals surface area contributed by atoms with E-state index < -0.39 is 5.97 Å². The predicted molar refractivity (Wildman–Crippen MR) is 47.6 cm³/mol. The first-order valence-electron chi connectivity index (χ1n) is 3.27. The summed E-state index contributed by atoms with van der Waals surface area (Å²) >= 11 is 3.02. The Hall–Kier alpha value is -1.37. The molecule has 3 N–H and O–H groups in total. The van der Waals surface area contributed by atoms with E-state index in [2.05, 4.69) is 31.4 Å². The summed E-state index contributed by atoms with van der Waals surface area (Å²) in [5.74, 6) is -1.56. The molecule has 70 valence electrons. The Kier molecular flexibility index (Phi) is 2.66. The highest BCUT2D eigenvalue weighted by atomic mass is 79.9. The number of nitrogens with one attached hydrogen (secondary N) is 2. The number of carbonyl (C=O) groups excluding carboxylic acids is 1. The Morgan fingerprint density at radius 2 is 2.23 bits per heavy atom. The molecule has 13 heavy (non-hydrogen) atoms. The van der Waals surface area contributed by atoms with Gasteiger partial charge in [-0.05, 0) is 15.9 Å². The highest BCUT2D eigenvalue weighted by Gasteiger charge is 2.17. The van der Waals surface area contributed by atoms with Gasteiger partial charge < -0.3 is 10.4 Å². The second kappa shape index (κ2) is 3.56. The topological polar surface area (TPSA) is 95.1 Å². The number of hydrogen-bond donors (Lipinski definition) is 3. The van der Waals surface area contributed by atoms with Crippen molar-refractivity contribution < 1.29 is 14.7 Å². The molecular weight excluding hydrogens is 242 g/mol. The SMILES string of the molecule is CC(=O)Nc1c(C(=O)O)n[nH]c1Br. The number of aromatic amines is 1. The average Bonchev–Trinajstić information content (AvgIpc) is 2.32. The summed E-state index contributed by atoms with van der Waals surface area (Å²) in [5.41, 5.74) is -0.0814. The Bertz CT molecular complexity index is 360. The minimum atomic E-state index is -1.20. The van der Waals surface area contributed by atoms with Crippen molar-refractivity contribution in [3.8, 4) is 0 Å². The fourth-order valence-corrected chi connectivity index (χ4v) is 1.14. The fraction of sp³-hybridized carbons (Fsp3) is 0.167. The molecule has 0 atom stereocenters. The van der Waals surface area contributed by atoms with Crippen LogP contribution in [0.5, 0.6) is 0 Å². The zero-order valence-corrected chi connectivity index (χ0v) is 8.17. The van der Waals surface area contributed by atoms with Crippen LogP contribution in [-0.2, 0) is 4.79 Å². The first-order chi connectivity index (χ1) is 6.02. The number of nitrogens with zero attached hydrogens (tertiary/aromatic N) is 1. The van der Waals surface area contributed by atoms with Gasteiger partial charge in [-0.2, -0.15) is 5.10 Å². The number of halogens is 1. The summed E-state index contributed by atoms with van der Waals surface area (Å²) in [6, 6.07) is 0. The first-order valence-corrected chi connectivity index (χ1v) is 4.06. The lowest BCUT2D eigenvalue weighted by molar-refractivity contribution is -0.114. The smallest absolute Gasteiger partial charge is 0.358 e. The van der Waals surface area contributed by atoms with Crippen LogP contribution in [0.3, 0.4) is 0 Å². The molecule has 0 radical (unpaired) electrons. The summed E-state index contributed by atoms with van der Waals surface area (Å²) in [5, 5.41) is 16.9. The monoisotopic (exact) mass is 247 g/mol. The highest BCUT2D eigenvalue weighted by Crippen LogP contribution is 2.23. The molecule has 1 heterocycles. The molecular formula is C6H6BrN3O3. The number of hydrogen-bond acceptors (Lipinski definition) is 3. The minimum absolute atomic E-state index is 0.139. The molecule has 6 nitrogen and oxygen atoms in total. The Labute approximate surface area is 81.5 Å². The lowest BCUT2D eigenvalue weighted by Gasteiger charge is -1.98. The lowest BCUT2D eigenvalue weighted by atomic mass is 10.3. The molecule has 1 rings (SSSR count). The van der Waals surface area contributed by atoms with Crippen LogP contribution in [0.15, 0.2) is 4.60 Å². The third kappa shape index (κ3) is 2.05. The average molecular weight is 248 g/mol. The van der Waals surface area contributed by atoms with Gasteiger partial charge in [0.05, 0.1) is 0 Å². The van der Waals surface area contributed by atoms with Crippen molar-refractivity contribution >= 4 is 33.5 Å². The molecule has 0 saturated carbocycles. The van der Waals surface area contributed by atoms with Gasteiger partial charge in [-0.15, -0.1) is 0 Å². The Morgan fingerprint density at radius 3 is 2.69 bits per heavy atom. The molecule has 7 heteroatoms. The first kappa shape index (κ1) is 9.72. The molecule has 0 bridgehead atoms.